The van der Waals surface area contributed by atoms with Crippen LogP contribution in [0, 0.1) is 6.92 Å². The van der Waals surface area contributed by atoms with Crippen LogP contribution in [0.15, 0.2) is 54.4 Å². The number of aromatic nitrogens is 4. The Balaban J connectivity index is 1.32. The molecule has 0 saturated carbocycles. The summed E-state index contributed by atoms with van der Waals surface area (Å²) in [7, 11) is 0. The van der Waals surface area contributed by atoms with Crippen molar-refractivity contribution in [3.63, 3.8) is 0 Å². The van der Waals surface area contributed by atoms with Crippen molar-refractivity contribution in [2.24, 2.45) is 0 Å². The Morgan fingerprint density at radius 2 is 2.11 bits per heavy atom. The summed E-state index contributed by atoms with van der Waals surface area (Å²) in [6.45, 7) is 1.93. The fraction of sp³-hybridized carbons (Fsp3) is 0.286. The smallest absolute Gasteiger partial charge is 0.233 e. The average Bonchev–Trinajstić information content (AvgIpc) is 3.27. The van der Waals surface area contributed by atoms with Crippen molar-refractivity contribution in [1.29, 1.82) is 0 Å². The van der Waals surface area contributed by atoms with Crippen LogP contribution in [0.3, 0.4) is 0 Å². The van der Waals surface area contributed by atoms with E-state index in [1.807, 2.05) is 43.5 Å². The number of aromatic hydroxyl groups is 1. The molecule has 0 spiro atoms. The summed E-state index contributed by atoms with van der Waals surface area (Å²) >= 11 is 0. The van der Waals surface area contributed by atoms with E-state index < -0.39 is 0 Å². The van der Waals surface area contributed by atoms with Gasteiger partial charge in [-0.2, -0.15) is 5.10 Å². The summed E-state index contributed by atoms with van der Waals surface area (Å²) in [5, 5.41) is 26.7. The Hall–Kier alpha value is -3.35. The summed E-state index contributed by atoms with van der Waals surface area (Å²) in [6, 6.07) is 11.4. The molecule has 28 heavy (non-hydrogen) atoms. The molecule has 0 amide bonds. The van der Waals surface area contributed by atoms with Crippen LogP contribution in [0.25, 0.3) is 16.9 Å². The van der Waals surface area contributed by atoms with E-state index in [-0.39, 0.29) is 11.9 Å². The second-order valence-electron chi connectivity index (χ2n) is 7.35. The summed E-state index contributed by atoms with van der Waals surface area (Å²) in [5.41, 5.74) is 4.20. The number of ether oxygens (including phenoxy) is 1. The molecule has 5 rings (SSSR count). The lowest BCUT2D eigenvalue weighted by Gasteiger charge is -2.27. The fourth-order valence-electron chi connectivity index (χ4n) is 3.83. The number of hydrogen-bond acceptors (Lipinski definition) is 6. The van der Waals surface area contributed by atoms with Gasteiger partial charge in [-0.3, -0.25) is 0 Å². The van der Waals surface area contributed by atoms with Crippen LogP contribution in [-0.4, -0.2) is 37.2 Å². The van der Waals surface area contributed by atoms with Crippen LogP contribution in [0.4, 0.5) is 0 Å². The van der Waals surface area contributed by atoms with Crippen molar-refractivity contribution in [2.75, 3.05) is 0 Å². The molecule has 4 heterocycles. The normalized spacial score (nSPS) is 20.5. The number of hydrogen-bond donors (Lipinski definition) is 2. The highest BCUT2D eigenvalue weighted by Crippen LogP contribution is 2.31. The molecule has 1 aromatic carbocycles. The van der Waals surface area contributed by atoms with E-state index in [0.29, 0.717) is 23.2 Å². The van der Waals surface area contributed by atoms with E-state index in [2.05, 4.69) is 26.7 Å². The molecule has 7 heteroatoms. The van der Waals surface area contributed by atoms with Crippen LogP contribution >= 0.6 is 0 Å². The second kappa shape index (κ2) is 6.67. The molecule has 0 radical (unpaired) electrons. The van der Waals surface area contributed by atoms with Gasteiger partial charge < -0.3 is 15.2 Å². The first-order chi connectivity index (χ1) is 13.6. The van der Waals surface area contributed by atoms with Gasteiger partial charge in [-0.25, -0.2) is 4.68 Å². The SMILES string of the molecule is Cc1ccn(-c2ccc(-c3ccc(O[C@H]4CC5=CCC(C4)N5)nn3)c(O)c2)n1. The number of nitrogens with zero attached hydrogens (tertiary/aromatic N) is 4. The second-order valence-corrected chi connectivity index (χ2v) is 7.35. The Morgan fingerprint density at radius 1 is 1.18 bits per heavy atom. The summed E-state index contributed by atoms with van der Waals surface area (Å²) < 4.78 is 7.73. The number of benzene rings is 1. The molecular formula is C21H21N5O2. The molecule has 2 aliphatic heterocycles. The molecule has 7 nitrogen and oxygen atoms in total. The number of phenolic OH excluding ortho intramolecular Hbond substituents is 1. The van der Waals surface area contributed by atoms with Crippen molar-refractivity contribution in [1.82, 2.24) is 25.3 Å². The Bertz CT molecular complexity index is 1040. The quantitative estimate of drug-likeness (QED) is 0.729. The molecule has 3 aromatic rings. The summed E-state index contributed by atoms with van der Waals surface area (Å²) in [4.78, 5) is 0. The number of phenols is 1. The minimum atomic E-state index is 0.130. The van der Waals surface area contributed by atoms with E-state index >= 15 is 0 Å². The first-order valence-electron chi connectivity index (χ1n) is 9.46. The van der Waals surface area contributed by atoms with Gasteiger partial charge in [0.05, 0.1) is 17.1 Å². The molecule has 0 aliphatic carbocycles. The standard InChI is InChI=1S/C21H21N5O2/c1-13-8-9-26(25-13)16-4-5-18(20(27)12-16)19-6-7-21(24-23-19)28-17-10-14-2-3-15(11-17)22-14/h2,4-9,12,15,17,22,27H,3,10-11H2,1H3/t15?,17-/m0/s1. The summed E-state index contributed by atoms with van der Waals surface area (Å²) in [5.74, 6) is 0.647. The molecule has 2 aliphatic rings. The third kappa shape index (κ3) is 3.19. The lowest BCUT2D eigenvalue weighted by Crippen LogP contribution is -2.37. The van der Waals surface area contributed by atoms with Crippen molar-refractivity contribution in [2.45, 2.75) is 38.3 Å². The maximum atomic E-state index is 10.5. The van der Waals surface area contributed by atoms with Crippen LogP contribution in [0.1, 0.15) is 25.0 Å². The van der Waals surface area contributed by atoms with Crippen LogP contribution in [0.2, 0.25) is 0 Å². The highest BCUT2D eigenvalue weighted by molar-refractivity contribution is 5.68. The number of fused-ring (bicyclic) bond motifs is 2. The highest BCUT2D eigenvalue weighted by atomic mass is 16.5. The number of aryl methyl sites for hydroxylation is 1. The topological polar surface area (TPSA) is 85.1 Å². The van der Waals surface area contributed by atoms with Crippen molar-refractivity contribution >= 4 is 0 Å². The van der Waals surface area contributed by atoms with E-state index in [1.165, 1.54) is 5.70 Å². The largest absolute Gasteiger partial charge is 0.507 e. The van der Waals surface area contributed by atoms with Gasteiger partial charge >= 0.3 is 0 Å². The van der Waals surface area contributed by atoms with Gasteiger partial charge in [-0.15, -0.1) is 10.2 Å². The molecule has 142 valence electrons. The van der Waals surface area contributed by atoms with Gasteiger partial charge in [-0.1, -0.05) is 6.08 Å². The van der Waals surface area contributed by atoms with E-state index in [9.17, 15) is 5.11 Å². The van der Waals surface area contributed by atoms with Crippen molar-refractivity contribution in [3.8, 4) is 28.6 Å². The maximum Gasteiger partial charge on any atom is 0.233 e. The van der Waals surface area contributed by atoms with E-state index in [0.717, 1.165) is 30.6 Å². The number of rotatable bonds is 4. The summed E-state index contributed by atoms with van der Waals surface area (Å²) in [6.07, 6.45) is 7.17. The van der Waals surface area contributed by atoms with Gasteiger partial charge in [0, 0.05) is 48.5 Å². The monoisotopic (exact) mass is 375 g/mol. The van der Waals surface area contributed by atoms with Gasteiger partial charge in [0.2, 0.25) is 5.88 Å². The van der Waals surface area contributed by atoms with Gasteiger partial charge in [0.1, 0.15) is 11.9 Å². The average molecular weight is 375 g/mol. The third-order valence-corrected chi connectivity index (χ3v) is 5.20. The van der Waals surface area contributed by atoms with Gasteiger partial charge in [-0.05, 0) is 37.6 Å². The van der Waals surface area contributed by atoms with E-state index in [1.54, 1.807) is 10.7 Å². The van der Waals surface area contributed by atoms with E-state index in [4.69, 9.17) is 4.74 Å². The molecule has 2 atom stereocenters. The zero-order valence-corrected chi connectivity index (χ0v) is 15.5. The van der Waals surface area contributed by atoms with Crippen LogP contribution < -0.4 is 10.1 Å². The number of piperidine rings is 1. The Morgan fingerprint density at radius 3 is 2.82 bits per heavy atom. The molecule has 1 unspecified atom stereocenters. The predicted octanol–water partition coefficient (Wildman–Crippen LogP) is 3.13. The number of nitrogens with one attached hydrogen (secondary N) is 1. The van der Waals surface area contributed by atoms with Gasteiger partial charge in [0.25, 0.3) is 0 Å². The first-order valence-corrected chi connectivity index (χ1v) is 9.46. The van der Waals surface area contributed by atoms with Crippen molar-refractivity contribution < 1.29 is 9.84 Å². The lowest BCUT2D eigenvalue weighted by atomic mass is 10.0. The zero-order chi connectivity index (χ0) is 19.1. The Kier molecular flexibility index (Phi) is 4.00. The fourth-order valence-corrected chi connectivity index (χ4v) is 3.83. The molecule has 1 saturated heterocycles. The lowest BCUT2D eigenvalue weighted by molar-refractivity contribution is 0.154. The van der Waals surface area contributed by atoms with Crippen molar-refractivity contribution in [3.05, 3.63) is 60.1 Å². The molecule has 2 aromatic heterocycles. The molecule has 2 N–H and O–H groups in total. The minimum absolute atomic E-state index is 0.130. The highest BCUT2D eigenvalue weighted by Gasteiger charge is 2.29. The minimum Gasteiger partial charge on any atom is -0.507 e. The zero-order valence-electron chi connectivity index (χ0n) is 15.5. The van der Waals surface area contributed by atoms with Gasteiger partial charge in [0.15, 0.2) is 0 Å². The predicted molar refractivity (Wildman–Crippen MR) is 104 cm³/mol. The van der Waals surface area contributed by atoms with Crippen LogP contribution in [-0.2, 0) is 0 Å². The first kappa shape index (κ1) is 16.8. The third-order valence-electron chi connectivity index (χ3n) is 5.20. The van der Waals surface area contributed by atoms with Crippen LogP contribution in [0.5, 0.6) is 11.6 Å². The molecule has 2 bridgehead atoms. The maximum absolute atomic E-state index is 10.5. The Labute approximate surface area is 162 Å². The molecule has 1 fully saturated rings. The molecular weight excluding hydrogens is 354 g/mol.